The maximum Gasteiger partial charge on any atom is 0.250 e. The third-order valence-corrected chi connectivity index (χ3v) is 5.90. The molecule has 0 atom stereocenters. The van der Waals surface area contributed by atoms with Crippen molar-refractivity contribution in [3.05, 3.63) is 76.5 Å². The highest BCUT2D eigenvalue weighted by Gasteiger charge is 2.11. The summed E-state index contributed by atoms with van der Waals surface area (Å²) in [6, 6.07) is 16.8. The van der Waals surface area contributed by atoms with Crippen LogP contribution in [0.4, 0.5) is 11.4 Å². The van der Waals surface area contributed by atoms with E-state index in [4.69, 9.17) is 39.8 Å². The number of benzene rings is 2. The Bertz CT molecular complexity index is 1150. The minimum Gasteiger partial charge on any atom is -0.457 e. The topological polar surface area (TPSA) is 57.5 Å². The van der Waals surface area contributed by atoms with Crippen LogP contribution >= 0.6 is 35.4 Å². The SMILES string of the molecule is O=C(/C=C/c1ccc(-c2cc(Cl)cc(Cl)c2)o1)NC(=S)Nc1ccc(N2CCCCC2)cc1. The van der Waals surface area contributed by atoms with E-state index in [0.29, 0.717) is 21.6 Å². The van der Waals surface area contributed by atoms with Crippen LogP contribution in [-0.2, 0) is 4.79 Å². The summed E-state index contributed by atoms with van der Waals surface area (Å²) in [4.78, 5) is 14.6. The number of amides is 1. The Hall–Kier alpha value is -2.80. The normalized spacial score (nSPS) is 13.8. The number of nitrogens with one attached hydrogen (secondary N) is 2. The largest absolute Gasteiger partial charge is 0.457 e. The van der Waals surface area contributed by atoms with Crippen molar-refractivity contribution in [1.29, 1.82) is 0 Å². The number of carbonyl (C=O) groups is 1. The quantitative estimate of drug-likeness (QED) is 0.299. The molecule has 3 aromatic rings. The maximum atomic E-state index is 12.2. The molecule has 33 heavy (non-hydrogen) atoms. The lowest BCUT2D eigenvalue weighted by molar-refractivity contribution is -0.115. The summed E-state index contributed by atoms with van der Waals surface area (Å²) in [6.45, 7) is 2.19. The Labute approximate surface area is 208 Å². The number of hydrogen-bond donors (Lipinski definition) is 2. The standard InChI is InChI=1S/C25H23Cl2N3O2S/c26-18-14-17(15-19(27)16-18)23-10-8-22(32-23)9-11-24(31)29-25(33)28-20-4-6-21(7-5-20)30-12-2-1-3-13-30/h4-11,14-16H,1-3,12-13H2,(H2,28,29,31,33)/b11-9+. The van der Waals surface area contributed by atoms with Gasteiger partial charge >= 0.3 is 0 Å². The van der Waals surface area contributed by atoms with Gasteiger partial charge in [-0.1, -0.05) is 23.2 Å². The summed E-state index contributed by atoms with van der Waals surface area (Å²) in [7, 11) is 0. The van der Waals surface area contributed by atoms with Crippen LogP contribution in [0.25, 0.3) is 17.4 Å². The van der Waals surface area contributed by atoms with Crippen molar-refractivity contribution in [1.82, 2.24) is 5.32 Å². The zero-order valence-corrected chi connectivity index (χ0v) is 20.1. The van der Waals surface area contributed by atoms with E-state index < -0.39 is 0 Å². The first kappa shape index (κ1) is 23.4. The van der Waals surface area contributed by atoms with Crippen molar-refractivity contribution in [3.63, 3.8) is 0 Å². The number of piperidine rings is 1. The molecular weight excluding hydrogens is 477 g/mol. The minimum atomic E-state index is -0.360. The smallest absolute Gasteiger partial charge is 0.250 e. The van der Waals surface area contributed by atoms with Crippen LogP contribution in [0.15, 0.2) is 65.1 Å². The van der Waals surface area contributed by atoms with Gasteiger partial charge in [-0.15, -0.1) is 0 Å². The summed E-state index contributed by atoms with van der Waals surface area (Å²) >= 11 is 17.3. The van der Waals surface area contributed by atoms with Crippen molar-refractivity contribution < 1.29 is 9.21 Å². The molecule has 1 aliphatic heterocycles. The van der Waals surface area contributed by atoms with E-state index in [1.807, 2.05) is 12.1 Å². The Morgan fingerprint density at radius 1 is 0.970 bits per heavy atom. The van der Waals surface area contributed by atoms with Gasteiger partial charge in [0.25, 0.3) is 0 Å². The van der Waals surface area contributed by atoms with Gasteiger partial charge in [0.15, 0.2) is 5.11 Å². The highest BCUT2D eigenvalue weighted by atomic mass is 35.5. The highest BCUT2D eigenvalue weighted by molar-refractivity contribution is 7.80. The van der Waals surface area contributed by atoms with Gasteiger partial charge in [-0.2, -0.15) is 0 Å². The lowest BCUT2D eigenvalue weighted by Gasteiger charge is -2.28. The van der Waals surface area contributed by atoms with E-state index in [1.165, 1.54) is 31.0 Å². The number of carbonyl (C=O) groups excluding carboxylic acids is 1. The second-order valence-electron chi connectivity index (χ2n) is 7.73. The van der Waals surface area contributed by atoms with Crippen molar-refractivity contribution in [2.45, 2.75) is 19.3 Å². The van der Waals surface area contributed by atoms with Gasteiger partial charge < -0.3 is 14.6 Å². The molecule has 4 rings (SSSR count). The van der Waals surface area contributed by atoms with Gasteiger partial charge in [-0.25, -0.2) is 0 Å². The van der Waals surface area contributed by atoms with Crippen molar-refractivity contribution >= 4 is 63.9 Å². The molecule has 0 aliphatic carbocycles. The van der Waals surface area contributed by atoms with Crippen LogP contribution in [0.5, 0.6) is 0 Å². The van der Waals surface area contributed by atoms with Crippen LogP contribution in [0, 0.1) is 0 Å². The number of rotatable bonds is 5. The molecule has 2 heterocycles. The lowest BCUT2D eigenvalue weighted by Crippen LogP contribution is -2.32. The maximum absolute atomic E-state index is 12.2. The van der Waals surface area contributed by atoms with E-state index in [-0.39, 0.29) is 11.0 Å². The molecule has 0 saturated carbocycles. The van der Waals surface area contributed by atoms with Crippen LogP contribution in [0.1, 0.15) is 25.0 Å². The average molecular weight is 500 g/mol. The zero-order chi connectivity index (χ0) is 23.2. The van der Waals surface area contributed by atoms with Crippen LogP contribution in [0.2, 0.25) is 10.0 Å². The Balaban J connectivity index is 1.29. The number of anilines is 2. The van der Waals surface area contributed by atoms with E-state index in [9.17, 15) is 4.79 Å². The third kappa shape index (κ3) is 6.60. The predicted molar refractivity (Wildman–Crippen MR) is 140 cm³/mol. The summed E-state index contributed by atoms with van der Waals surface area (Å²) in [5.74, 6) is 0.759. The fourth-order valence-corrected chi connectivity index (χ4v) is 4.42. The molecule has 0 unspecified atom stereocenters. The summed E-state index contributed by atoms with van der Waals surface area (Å²) in [5, 5.41) is 6.94. The summed E-state index contributed by atoms with van der Waals surface area (Å²) in [5.41, 5.74) is 2.78. The van der Waals surface area contributed by atoms with E-state index in [0.717, 1.165) is 24.3 Å². The van der Waals surface area contributed by atoms with E-state index in [1.54, 1.807) is 36.4 Å². The van der Waals surface area contributed by atoms with Crippen LogP contribution in [0.3, 0.4) is 0 Å². The molecule has 1 saturated heterocycles. The summed E-state index contributed by atoms with van der Waals surface area (Å²) < 4.78 is 5.76. The molecular formula is C25H23Cl2N3O2S. The van der Waals surface area contributed by atoms with Gasteiger partial charge in [-0.05, 0) is 92.2 Å². The van der Waals surface area contributed by atoms with Gasteiger partial charge in [0.1, 0.15) is 11.5 Å². The predicted octanol–water partition coefficient (Wildman–Crippen LogP) is 6.77. The molecule has 170 valence electrons. The van der Waals surface area contributed by atoms with Gasteiger partial charge in [0.05, 0.1) is 0 Å². The zero-order valence-electron chi connectivity index (χ0n) is 17.8. The van der Waals surface area contributed by atoms with Crippen LogP contribution in [-0.4, -0.2) is 24.1 Å². The Morgan fingerprint density at radius 2 is 1.67 bits per heavy atom. The average Bonchev–Trinajstić information content (AvgIpc) is 3.27. The second kappa shape index (κ2) is 10.9. The van der Waals surface area contributed by atoms with E-state index >= 15 is 0 Å². The summed E-state index contributed by atoms with van der Waals surface area (Å²) in [6.07, 6.45) is 6.70. The third-order valence-electron chi connectivity index (χ3n) is 5.26. The molecule has 0 radical (unpaired) electrons. The number of furan rings is 1. The first-order valence-corrected chi connectivity index (χ1v) is 11.8. The van der Waals surface area contributed by atoms with Crippen molar-refractivity contribution in [2.75, 3.05) is 23.3 Å². The van der Waals surface area contributed by atoms with Crippen LogP contribution < -0.4 is 15.5 Å². The molecule has 1 aliphatic rings. The first-order valence-electron chi connectivity index (χ1n) is 10.7. The fourth-order valence-electron chi connectivity index (χ4n) is 3.68. The number of thiocarbonyl (C=S) groups is 1. The van der Waals surface area contributed by atoms with Gasteiger partial charge in [0, 0.05) is 46.1 Å². The lowest BCUT2D eigenvalue weighted by atomic mass is 10.1. The molecule has 5 nitrogen and oxygen atoms in total. The monoisotopic (exact) mass is 499 g/mol. The fraction of sp³-hybridized carbons (Fsp3) is 0.200. The number of halogens is 2. The van der Waals surface area contributed by atoms with Gasteiger partial charge in [-0.3, -0.25) is 10.1 Å². The number of hydrogen-bond acceptors (Lipinski definition) is 4. The highest BCUT2D eigenvalue weighted by Crippen LogP contribution is 2.29. The molecule has 0 spiro atoms. The van der Waals surface area contributed by atoms with Crippen molar-refractivity contribution in [3.8, 4) is 11.3 Å². The minimum absolute atomic E-state index is 0.226. The molecule has 8 heteroatoms. The van der Waals surface area contributed by atoms with E-state index in [2.05, 4.69) is 27.7 Å². The first-order chi connectivity index (χ1) is 16.0. The molecule has 1 aromatic heterocycles. The van der Waals surface area contributed by atoms with Crippen molar-refractivity contribution in [2.24, 2.45) is 0 Å². The molecule has 0 bridgehead atoms. The van der Waals surface area contributed by atoms with Gasteiger partial charge in [0.2, 0.25) is 5.91 Å². The second-order valence-corrected chi connectivity index (χ2v) is 9.01. The Kier molecular flexibility index (Phi) is 7.70. The molecule has 1 amide bonds. The Morgan fingerprint density at radius 3 is 2.36 bits per heavy atom. The molecule has 1 fully saturated rings. The molecule has 2 N–H and O–H groups in total. The molecule has 2 aromatic carbocycles. The number of nitrogens with zero attached hydrogens (tertiary/aromatic N) is 1.